The molecule has 2 N–H and O–H groups in total. The number of nitrogens with zero attached hydrogens (tertiary/aromatic N) is 1. The maximum absolute atomic E-state index is 5.78. The third kappa shape index (κ3) is 3.33. The summed E-state index contributed by atoms with van der Waals surface area (Å²) >= 11 is 0. The van der Waals surface area contributed by atoms with Crippen LogP contribution in [0.3, 0.4) is 0 Å². The highest BCUT2D eigenvalue weighted by Crippen LogP contribution is 2.31. The van der Waals surface area contributed by atoms with Crippen molar-refractivity contribution in [3.63, 3.8) is 0 Å². The Bertz CT molecular complexity index is 366. The van der Waals surface area contributed by atoms with Crippen LogP contribution in [0.4, 0.5) is 0 Å². The van der Waals surface area contributed by atoms with Crippen LogP contribution < -0.4 is 5.73 Å². The molecule has 1 aliphatic carbocycles. The van der Waals surface area contributed by atoms with E-state index in [1.54, 1.807) is 0 Å². The summed E-state index contributed by atoms with van der Waals surface area (Å²) in [5.74, 6) is 2.90. The van der Waals surface area contributed by atoms with E-state index in [1.165, 1.54) is 24.9 Å². The average Bonchev–Trinajstić information content (AvgIpc) is 3.01. The predicted octanol–water partition coefficient (Wildman–Crippen LogP) is 2.67. The second-order valence-corrected chi connectivity index (χ2v) is 5.49. The third-order valence-corrected chi connectivity index (χ3v) is 3.54. The highest BCUT2D eigenvalue weighted by Gasteiger charge is 2.26. The van der Waals surface area contributed by atoms with Gasteiger partial charge in [-0.25, -0.2) is 0 Å². The molecule has 17 heavy (non-hydrogen) atoms. The molecule has 0 saturated heterocycles. The van der Waals surface area contributed by atoms with Crippen molar-refractivity contribution in [1.29, 1.82) is 0 Å². The van der Waals surface area contributed by atoms with Gasteiger partial charge in [0, 0.05) is 12.6 Å². The zero-order chi connectivity index (χ0) is 12.4. The molecule has 1 saturated carbocycles. The fourth-order valence-electron chi connectivity index (χ4n) is 2.16. The summed E-state index contributed by atoms with van der Waals surface area (Å²) in [6.45, 7) is 9.18. The van der Waals surface area contributed by atoms with E-state index in [1.807, 2.05) is 0 Å². The maximum Gasteiger partial charge on any atom is 0.120 e. The van der Waals surface area contributed by atoms with Gasteiger partial charge in [-0.3, -0.25) is 4.90 Å². The predicted molar refractivity (Wildman–Crippen MR) is 69.6 cm³/mol. The molecule has 0 aromatic carbocycles. The molecular formula is C14H24N2O. The molecule has 1 aliphatic rings. The Morgan fingerprint density at radius 2 is 2.18 bits per heavy atom. The molecule has 3 heteroatoms. The van der Waals surface area contributed by atoms with Crippen molar-refractivity contribution in [3.05, 3.63) is 23.2 Å². The first kappa shape index (κ1) is 12.7. The molecule has 0 radical (unpaired) electrons. The number of hydrogen-bond donors (Lipinski definition) is 1. The summed E-state index contributed by atoms with van der Waals surface area (Å²) in [5, 5.41) is 0. The van der Waals surface area contributed by atoms with Crippen molar-refractivity contribution in [1.82, 2.24) is 4.90 Å². The zero-order valence-corrected chi connectivity index (χ0v) is 11.2. The molecule has 3 nitrogen and oxygen atoms in total. The van der Waals surface area contributed by atoms with Crippen LogP contribution in [0.15, 0.2) is 10.5 Å². The van der Waals surface area contributed by atoms with Gasteiger partial charge in [-0.15, -0.1) is 0 Å². The topological polar surface area (TPSA) is 42.4 Å². The molecule has 96 valence electrons. The van der Waals surface area contributed by atoms with Gasteiger partial charge in [-0.1, -0.05) is 0 Å². The number of hydrogen-bond acceptors (Lipinski definition) is 3. The molecule has 0 bridgehead atoms. The summed E-state index contributed by atoms with van der Waals surface area (Å²) in [7, 11) is 0. The second kappa shape index (κ2) is 5.23. The smallest absolute Gasteiger partial charge is 0.120 e. The van der Waals surface area contributed by atoms with Gasteiger partial charge in [0.1, 0.15) is 11.5 Å². The van der Waals surface area contributed by atoms with Crippen LogP contribution in [0.5, 0.6) is 0 Å². The number of rotatable bonds is 6. The molecule has 0 amide bonds. The van der Waals surface area contributed by atoms with E-state index < -0.39 is 0 Å². The lowest BCUT2D eigenvalue weighted by Gasteiger charge is -2.25. The normalized spacial score (nSPS) is 16.1. The summed E-state index contributed by atoms with van der Waals surface area (Å²) in [4.78, 5) is 2.50. The van der Waals surface area contributed by atoms with E-state index in [4.69, 9.17) is 10.2 Å². The van der Waals surface area contributed by atoms with Gasteiger partial charge in [-0.05, 0) is 51.2 Å². The largest absolute Gasteiger partial charge is 0.463 e. The lowest BCUT2D eigenvalue weighted by molar-refractivity contribution is 0.187. The summed E-state index contributed by atoms with van der Waals surface area (Å²) in [5.41, 5.74) is 6.82. The number of nitrogens with two attached hydrogens (primary N) is 1. The number of aryl methyl sites for hydroxylation is 1. The lowest BCUT2D eigenvalue weighted by atomic mass is 10.2. The molecule has 0 aliphatic heterocycles. The summed E-state index contributed by atoms with van der Waals surface area (Å²) < 4.78 is 5.78. The van der Waals surface area contributed by atoms with Gasteiger partial charge in [0.2, 0.25) is 0 Å². The Morgan fingerprint density at radius 1 is 1.47 bits per heavy atom. The monoisotopic (exact) mass is 236 g/mol. The minimum atomic E-state index is 0.496. The minimum absolute atomic E-state index is 0.496. The molecule has 1 aromatic heterocycles. The Kier molecular flexibility index (Phi) is 3.89. The first-order chi connectivity index (χ1) is 8.10. The fraction of sp³-hybridized carbons (Fsp3) is 0.714. The van der Waals surface area contributed by atoms with Crippen LogP contribution in [0.2, 0.25) is 0 Å². The van der Waals surface area contributed by atoms with E-state index in [9.17, 15) is 0 Å². The Hall–Kier alpha value is -0.800. The Balaban J connectivity index is 1.99. The van der Waals surface area contributed by atoms with E-state index in [0.29, 0.717) is 12.6 Å². The molecule has 1 fully saturated rings. The van der Waals surface area contributed by atoms with Crippen molar-refractivity contribution in [2.75, 3.05) is 6.54 Å². The molecule has 0 unspecified atom stereocenters. The average molecular weight is 236 g/mol. The quantitative estimate of drug-likeness (QED) is 0.825. The molecule has 1 heterocycles. The highest BCUT2D eigenvalue weighted by molar-refractivity contribution is 5.19. The van der Waals surface area contributed by atoms with Gasteiger partial charge in [0.25, 0.3) is 0 Å². The standard InChI is InChI=1S/C14H24N2O/c1-10(2)16(8-12-4-5-12)9-13-6-11(3)14(7-15)17-13/h6,10,12H,4-5,7-9,15H2,1-3H3. The molecular weight excluding hydrogens is 212 g/mol. The van der Waals surface area contributed by atoms with Crippen molar-refractivity contribution in [2.24, 2.45) is 11.7 Å². The van der Waals surface area contributed by atoms with Crippen LogP contribution in [-0.4, -0.2) is 17.5 Å². The van der Waals surface area contributed by atoms with Crippen molar-refractivity contribution in [2.45, 2.75) is 52.7 Å². The lowest BCUT2D eigenvalue weighted by Crippen LogP contribution is -2.32. The van der Waals surface area contributed by atoms with Crippen LogP contribution in [0, 0.1) is 12.8 Å². The maximum atomic E-state index is 5.78. The number of furan rings is 1. The highest BCUT2D eigenvalue weighted by atomic mass is 16.3. The van der Waals surface area contributed by atoms with Crippen molar-refractivity contribution < 1.29 is 4.42 Å². The van der Waals surface area contributed by atoms with Gasteiger partial charge < -0.3 is 10.2 Å². The van der Waals surface area contributed by atoms with E-state index in [-0.39, 0.29) is 0 Å². The zero-order valence-electron chi connectivity index (χ0n) is 11.2. The molecule has 1 aromatic rings. The Labute approximate surface area is 104 Å². The SMILES string of the molecule is Cc1cc(CN(CC2CC2)C(C)C)oc1CN. The molecule has 0 atom stereocenters. The van der Waals surface area contributed by atoms with Gasteiger partial charge in [-0.2, -0.15) is 0 Å². The summed E-state index contributed by atoms with van der Waals surface area (Å²) in [6.07, 6.45) is 2.79. The summed E-state index contributed by atoms with van der Waals surface area (Å²) in [6, 6.07) is 2.70. The van der Waals surface area contributed by atoms with Crippen LogP contribution >= 0.6 is 0 Å². The van der Waals surface area contributed by atoms with Crippen LogP contribution in [0.25, 0.3) is 0 Å². The van der Waals surface area contributed by atoms with Crippen LogP contribution in [-0.2, 0) is 13.1 Å². The first-order valence-electron chi connectivity index (χ1n) is 6.62. The molecule has 2 rings (SSSR count). The van der Waals surface area contributed by atoms with Gasteiger partial charge >= 0.3 is 0 Å². The van der Waals surface area contributed by atoms with E-state index in [2.05, 4.69) is 31.7 Å². The third-order valence-electron chi connectivity index (χ3n) is 3.54. The first-order valence-corrected chi connectivity index (χ1v) is 6.62. The van der Waals surface area contributed by atoms with Gasteiger partial charge in [0.05, 0.1) is 13.1 Å². The van der Waals surface area contributed by atoms with Crippen molar-refractivity contribution in [3.8, 4) is 0 Å². The fourth-order valence-corrected chi connectivity index (χ4v) is 2.16. The van der Waals surface area contributed by atoms with E-state index >= 15 is 0 Å². The Morgan fingerprint density at radius 3 is 2.65 bits per heavy atom. The molecule has 0 spiro atoms. The second-order valence-electron chi connectivity index (χ2n) is 5.49. The van der Waals surface area contributed by atoms with Crippen LogP contribution in [0.1, 0.15) is 43.8 Å². The van der Waals surface area contributed by atoms with Crippen molar-refractivity contribution >= 4 is 0 Å². The minimum Gasteiger partial charge on any atom is -0.463 e. The van der Waals surface area contributed by atoms with Gasteiger partial charge in [0.15, 0.2) is 0 Å². The van der Waals surface area contributed by atoms with E-state index in [0.717, 1.165) is 24.0 Å².